The van der Waals surface area contributed by atoms with E-state index in [1.54, 1.807) is 0 Å². The summed E-state index contributed by atoms with van der Waals surface area (Å²) in [5.74, 6) is 0.605. The van der Waals surface area contributed by atoms with Gasteiger partial charge in [0, 0.05) is 24.5 Å². The molecule has 0 aliphatic rings. The van der Waals surface area contributed by atoms with Crippen LogP contribution in [0.25, 0.3) is 11.0 Å². The molecule has 1 unspecified atom stereocenters. The van der Waals surface area contributed by atoms with E-state index < -0.39 is 6.10 Å². The molecule has 0 saturated heterocycles. The number of aliphatic hydroxyl groups excluding tert-OH is 1. The van der Waals surface area contributed by atoms with E-state index in [0.29, 0.717) is 12.2 Å². The summed E-state index contributed by atoms with van der Waals surface area (Å²) in [5, 5.41) is 15.8. The van der Waals surface area contributed by atoms with Crippen LogP contribution in [0.1, 0.15) is 28.8 Å². The number of aromatic nitrogens is 2. The van der Waals surface area contributed by atoms with Gasteiger partial charge in [0.15, 0.2) is 0 Å². The Bertz CT molecular complexity index is 722. The summed E-state index contributed by atoms with van der Waals surface area (Å²) in [7, 11) is 1.92. The molecule has 0 radical (unpaired) electrons. The van der Waals surface area contributed by atoms with Gasteiger partial charge in [-0.3, -0.25) is 4.68 Å². The number of aliphatic hydroxyl groups is 1. The van der Waals surface area contributed by atoms with E-state index in [9.17, 15) is 5.11 Å². The van der Waals surface area contributed by atoms with Gasteiger partial charge in [-0.05, 0) is 31.5 Å². The van der Waals surface area contributed by atoms with Crippen LogP contribution < -0.4 is 0 Å². The van der Waals surface area contributed by atoms with Crippen molar-refractivity contribution < 1.29 is 9.52 Å². The van der Waals surface area contributed by atoms with E-state index in [1.807, 2.05) is 55.9 Å². The Labute approximate surface area is 117 Å². The molecule has 0 saturated carbocycles. The lowest BCUT2D eigenvalue weighted by molar-refractivity contribution is 0.152. The van der Waals surface area contributed by atoms with Crippen molar-refractivity contribution in [3.63, 3.8) is 0 Å². The Balaban J connectivity index is 1.90. The van der Waals surface area contributed by atoms with Crippen molar-refractivity contribution in [2.45, 2.75) is 26.4 Å². The van der Waals surface area contributed by atoms with Gasteiger partial charge in [0.05, 0.1) is 5.69 Å². The standard InChI is InChI=1S/C16H18N2O2/c1-10-13(11(2)18(3)17-10)9-14(19)16-8-12-6-4-5-7-15(12)20-16/h4-8,14,19H,9H2,1-3H3. The van der Waals surface area contributed by atoms with Crippen LogP contribution in [0.2, 0.25) is 0 Å². The van der Waals surface area contributed by atoms with E-state index in [-0.39, 0.29) is 0 Å². The van der Waals surface area contributed by atoms with Gasteiger partial charge < -0.3 is 9.52 Å². The molecular formula is C16H18N2O2. The topological polar surface area (TPSA) is 51.2 Å². The zero-order valence-corrected chi connectivity index (χ0v) is 11.9. The van der Waals surface area contributed by atoms with Gasteiger partial charge in [-0.2, -0.15) is 5.10 Å². The summed E-state index contributed by atoms with van der Waals surface area (Å²) >= 11 is 0. The summed E-state index contributed by atoms with van der Waals surface area (Å²) in [4.78, 5) is 0. The van der Waals surface area contributed by atoms with Crippen LogP contribution in [0.15, 0.2) is 34.7 Å². The number of hydrogen-bond donors (Lipinski definition) is 1. The van der Waals surface area contributed by atoms with Crippen molar-refractivity contribution in [2.75, 3.05) is 0 Å². The molecule has 1 N–H and O–H groups in total. The second-order valence-corrected chi connectivity index (χ2v) is 5.18. The lowest BCUT2D eigenvalue weighted by atomic mass is 10.0. The Hall–Kier alpha value is -2.07. The highest BCUT2D eigenvalue weighted by molar-refractivity contribution is 5.77. The van der Waals surface area contributed by atoms with Crippen LogP contribution >= 0.6 is 0 Å². The SMILES string of the molecule is Cc1nn(C)c(C)c1CC(O)c1cc2ccccc2o1. The molecule has 0 fully saturated rings. The largest absolute Gasteiger partial charge is 0.458 e. The van der Waals surface area contributed by atoms with Crippen molar-refractivity contribution >= 4 is 11.0 Å². The number of rotatable bonds is 3. The molecule has 1 aromatic carbocycles. The van der Waals surface area contributed by atoms with Crippen molar-refractivity contribution in [3.05, 3.63) is 53.0 Å². The van der Waals surface area contributed by atoms with Crippen LogP contribution in [0.3, 0.4) is 0 Å². The minimum absolute atomic E-state index is 0.519. The van der Waals surface area contributed by atoms with E-state index in [4.69, 9.17) is 4.42 Å². The van der Waals surface area contributed by atoms with E-state index in [1.165, 1.54) is 0 Å². The number of fused-ring (bicyclic) bond motifs is 1. The van der Waals surface area contributed by atoms with Crippen LogP contribution in [-0.2, 0) is 13.5 Å². The summed E-state index contributed by atoms with van der Waals surface area (Å²) in [6.07, 6.45) is -0.130. The highest BCUT2D eigenvalue weighted by Crippen LogP contribution is 2.27. The number of para-hydroxylation sites is 1. The van der Waals surface area contributed by atoms with E-state index in [0.717, 1.165) is 27.9 Å². The maximum atomic E-state index is 10.4. The van der Waals surface area contributed by atoms with Gasteiger partial charge in [-0.1, -0.05) is 18.2 Å². The molecule has 4 heteroatoms. The summed E-state index contributed by atoms with van der Waals surface area (Å²) < 4.78 is 7.55. The van der Waals surface area contributed by atoms with Gasteiger partial charge in [-0.25, -0.2) is 0 Å². The molecule has 0 aliphatic heterocycles. The molecule has 2 aromatic heterocycles. The smallest absolute Gasteiger partial charge is 0.134 e. The maximum Gasteiger partial charge on any atom is 0.134 e. The first-order valence-electron chi connectivity index (χ1n) is 6.72. The van der Waals surface area contributed by atoms with Gasteiger partial charge in [-0.15, -0.1) is 0 Å². The fourth-order valence-electron chi connectivity index (χ4n) is 2.57. The predicted octanol–water partition coefficient (Wildman–Crippen LogP) is 3.06. The fourth-order valence-corrected chi connectivity index (χ4v) is 2.57. The van der Waals surface area contributed by atoms with Crippen LogP contribution in [0, 0.1) is 13.8 Å². The minimum Gasteiger partial charge on any atom is -0.458 e. The van der Waals surface area contributed by atoms with Gasteiger partial charge in [0.25, 0.3) is 0 Å². The summed E-state index contributed by atoms with van der Waals surface area (Å²) in [6, 6.07) is 9.68. The number of aryl methyl sites for hydroxylation is 2. The first-order chi connectivity index (χ1) is 9.56. The lowest BCUT2D eigenvalue weighted by Gasteiger charge is -2.08. The average molecular weight is 270 g/mol. The molecule has 3 rings (SSSR count). The minimum atomic E-state index is -0.649. The molecule has 104 valence electrons. The quantitative estimate of drug-likeness (QED) is 0.795. The van der Waals surface area contributed by atoms with Crippen LogP contribution in [0.4, 0.5) is 0 Å². The zero-order valence-electron chi connectivity index (χ0n) is 11.9. The molecule has 20 heavy (non-hydrogen) atoms. The Morgan fingerprint density at radius 3 is 2.70 bits per heavy atom. The molecule has 3 aromatic rings. The second kappa shape index (κ2) is 4.80. The third-order valence-corrected chi connectivity index (χ3v) is 3.83. The monoisotopic (exact) mass is 270 g/mol. The van der Waals surface area contributed by atoms with Gasteiger partial charge in [0.2, 0.25) is 0 Å². The van der Waals surface area contributed by atoms with Crippen LogP contribution in [0.5, 0.6) is 0 Å². The molecule has 4 nitrogen and oxygen atoms in total. The third kappa shape index (κ3) is 2.12. The van der Waals surface area contributed by atoms with Gasteiger partial charge >= 0.3 is 0 Å². The lowest BCUT2D eigenvalue weighted by Crippen LogP contribution is -2.03. The first-order valence-corrected chi connectivity index (χ1v) is 6.72. The molecule has 0 amide bonds. The molecule has 0 bridgehead atoms. The van der Waals surface area contributed by atoms with Crippen molar-refractivity contribution in [1.29, 1.82) is 0 Å². The van der Waals surface area contributed by atoms with E-state index in [2.05, 4.69) is 5.10 Å². The normalized spacial score (nSPS) is 13.0. The fraction of sp³-hybridized carbons (Fsp3) is 0.312. The van der Waals surface area contributed by atoms with Gasteiger partial charge in [0.1, 0.15) is 17.4 Å². The maximum absolute atomic E-state index is 10.4. The van der Waals surface area contributed by atoms with Crippen molar-refractivity contribution in [3.8, 4) is 0 Å². The molecule has 2 heterocycles. The number of hydrogen-bond acceptors (Lipinski definition) is 3. The van der Waals surface area contributed by atoms with Crippen LogP contribution in [-0.4, -0.2) is 14.9 Å². The number of furan rings is 1. The number of benzene rings is 1. The predicted molar refractivity (Wildman–Crippen MR) is 77.6 cm³/mol. The molecule has 1 atom stereocenters. The van der Waals surface area contributed by atoms with E-state index >= 15 is 0 Å². The Morgan fingerprint density at radius 2 is 2.05 bits per heavy atom. The zero-order chi connectivity index (χ0) is 14.3. The third-order valence-electron chi connectivity index (χ3n) is 3.83. The first kappa shape index (κ1) is 12.9. The number of nitrogens with zero attached hydrogens (tertiary/aromatic N) is 2. The summed E-state index contributed by atoms with van der Waals surface area (Å²) in [5.41, 5.74) is 3.93. The van der Waals surface area contributed by atoms with Crippen molar-refractivity contribution in [2.24, 2.45) is 7.05 Å². The molecule has 0 spiro atoms. The average Bonchev–Trinajstić information content (AvgIpc) is 2.95. The second-order valence-electron chi connectivity index (χ2n) is 5.18. The molecule has 0 aliphatic carbocycles. The van der Waals surface area contributed by atoms with Crippen molar-refractivity contribution in [1.82, 2.24) is 9.78 Å². The Kier molecular flexibility index (Phi) is 3.10. The highest BCUT2D eigenvalue weighted by atomic mass is 16.4. The Morgan fingerprint density at radius 1 is 1.30 bits per heavy atom. The molecular weight excluding hydrogens is 252 g/mol. The highest BCUT2D eigenvalue weighted by Gasteiger charge is 2.18. The summed E-state index contributed by atoms with van der Waals surface area (Å²) in [6.45, 7) is 3.98.